The largest absolute Gasteiger partial charge is 0.489 e. The molecule has 0 unspecified atom stereocenters. The van der Waals surface area contributed by atoms with E-state index in [1.54, 1.807) is 0 Å². The third-order valence-electron chi connectivity index (χ3n) is 4.31. The smallest absolute Gasteiger partial charge is 0.123 e. The lowest BCUT2D eigenvalue weighted by Crippen LogP contribution is -2.12. The number of benzene rings is 1. The molecule has 106 valence electrons. The van der Waals surface area contributed by atoms with Crippen LogP contribution in [0.5, 0.6) is 5.75 Å². The first kappa shape index (κ1) is 13.3. The van der Waals surface area contributed by atoms with Gasteiger partial charge < -0.3 is 10.5 Å². The zero-order valence-corrected chi connectivity index (χ0v) is 12.2. The van der Waals surface area contributed by atoms with E-state index in [0.29, 0.717) is 12.5 Å². The Hall–Kier alpha value is -1.70. The molecule has 0 radical (unpaired) electrons. The molecule has 2 aliphatic rings. The monoisotopic (exact) mass is 269 g/mol. The van der Waals surface area contributed by atoms with Gasteiger partial charge in [-0.2, -0.15) is 0 Å². The summed E-state index contributed by atoms with van der Waals surface area (Å²) >= 11 is 0. The molecule has 1 fully saturated rings. The second kappa shape index (κ2) is 5.74. The van der Waals surface area contributed by atoms with Crippen LogP contribution in [0.25, 0.3) is 0 Å². The van der Waals surface area contributed by atoms with Crippen LogP contribution >= 0.6 is 0 Å². The van der Waals surface area contributed by atoms with Crippen molar-refractivity contribution in [3.05, 3.63) is 52.7 Å². The van der Waals surface area contributed by atoms with Crippen molar-refractivity contribution in [3.63, 3.8) is 0 Å². The first-order valence-corrected chi connectivity index (χ1v) is 7.61. The Morgan fingerprint density at radius 2 is 2.15 bits per heavy atom. The van der Waals surface area contributed by atoms with E-state index in [0.717, 1.165) is 24.3 Å². The second-order valence-electron chi connectivity index (χ2n) is 5.99. The average Bonchev–Trinajstić information content (AvgIpc) is 2.36. The van der Waals surface area contributed by atoms with Gasteiger partial charge in [0.15, 0.2) is 0 Å². The molecular formula is C18H23NO. The van der Waals surface area contributed by atoms with Crippen LogP contribution in [0.1, 0.15) is 49.1 Å². The molecule has 0 heterocycles. The van der Waals surface area contributed by atoms with Gasteiger partial charge in [-0.3, -0.25) is 0 Å². The third-order valence-corrected chi connectivity index (χ3v) is 4.31. The number of hydrogen-bond acceptors (Lipinski definition) is 2. The van der Waals surface area contributed by atoms with Gasteiger partial charge in [-0.15, -0.1) is 0 Å². The fourth-order valence-electron chi connectivity index (χ4n) is 2.89. The molecule has 2 heteroatoms. The van der Waals surface area contributed by atoms with Crippen LogP contribution in [-0.4, -0.2) is 6.61 Å². The Bertz CT molecular complexity index is 553. The van der Waals surface area contributed by atoms with Crippen molar-refractivity contribution in [3.8, 4) is 5.75 Å². The highest BCUT2D eigenvalue weighted by Crippen LogP contribution is 2.41. The first-order chi connectivity index (χ1) is 9.72. The van der Waals surface area contributed by atoms with Crippen molar-refractivity contribution >= 4 is 0 Å². The zero-order valence-electron chi connectivity index (χ0n) is 12.2. The summed E-state index contributed by atoms with van der Waals surface area (Å²) in [5.74, 6) is 1.75. The maximum Gasteiger partial charge on any atom is 0.123 e. The van der Waals surface area contributed by atoms with Crippen LogP contribution in [0.4, 0.5) is 0 Å². The highest BCUT2D eigenvalue weighted by Gasteiger charge is 2.23. The molecule has 1 aromatic carbocycles. The van der Waals surface area contributed by atoms with Gasteiger partial charge in [-0.05, 0) is 61.8 Å². The Balaban J connectivity index is 1.72. The first-order valence-electron chi connectivity index (χ1n) is 7.61. The molecule has 0 amide bonds. The van der Waals surface area contributed by atoms with Gasteiger partial charge in [-0.25, -0.2) is 0 Å². The summed E-state index contributed by atoms with van der Waals surface area (Å²) in [6.45, 7) is 2.78. The van der Waals surface area contributed by atoms with E-state index in [2.05, 4.69) is 37.3 Å². The molecule has 0 aliphatic heterocycles. The van der Waals surface area contributed by atoms with Crippen LogP contribution in [-0.2, 0) is 0 Å². The topological polar surface area (TPSA) is 35.2 Å². The molecule has 2 nitrogen and oxygen atoms in total. The van der Waals surface area contributed by atoms with Crippen molar-refractivity contribution in [2.24, 2.45) is 5.73 Å². The summed E-state index contributed by atoms with van der Waals surface area (Å²) < 4.78 is 6.07. The standard InChI is InChI=1S/C18H23NO/c1-13-8-9-18(17(10-13)15-5-3-6-15)20-12-14-4-2-7-16(19)11-14/h4,8-11,15H,2-3,5-7,12,19H2,1H3. The number of rotatable bonds is 4. The SMILES string of the molecule is Cc1ccc(OCC2=CCCC(N)=C2)c(C2CCC2)c1. The van der Waals surface area contributed by atoms with Crippen molar-refractivity contribution in [2.45, 2.75) is 44.9 Å². The molecule has 0 aromatic heterocycles. The van der Waals surface area contributed by atoms with Gasteiger partial charge in [0.2, 0.25) is 0 Å². The van der Waals surface area contributed by atoms with Crippen LogP contribution in [0.15, 0.2) is 41.6 Å². The van der Waals surface area contributed by atoms with Gasteiger partial charge in [0.25, 0.3) is 0 Å². The van der Waals surface area contributed by atoms with Crippen molar-refractivity contribution in [1.82, 2.24) is 0 Å². The van der Waals surface area contributed by atoms with E-state index < -0.39 is 0 Å². The molecular weight excluding hydrogens is 246 g/mol. The van der Waals surface area contributed by atoms with E-state index in [9.17, 15) is 0 Å². The maximum atomic E-state index is 6.07. The normalized spacial score (nSPS) is 19.1. The van der Waals surface area contributed by atoms with Crippen LogP contribution in [0.2, 0.25) is 0 Å². The van der Waals surface area contributed by atoms with E-state index in [1.807, 2.05) is 0 Å². The Kier molecular flexibility index (Phi) is 3.81. The number of nitrogens with two attached hydrogens (primary N) is 1. The summed E-state index contributed by atoms with van der Waals surface area (Å²) in [6, 6.07) is 6.55. The summed E-state index contributed by atoms with van der Waals surface area (Å²) in [4.78, 5) is 0. The molecule has 0 saturated heterocycles. The highest BCUT2D eigenvalue weighted by molar-refractivity contribution is 5.41. The summed E-state index contributed by atoms with van der Waals surface area (Å²) in [5.41, 5.74) is 10.8. The molecule has 0 spiro atoms. The minimum Gasteiger partial charge on any atom is -0.489 e. The second-order valence-corrected chi connectivity index (χ2v) is 5.99. The predicted molar refractivity (Wildman–Crippen MR) is 82.9 cm³/mol. The molecule has 0 atom stereocenters. The Morgan fingerprint density at radius 3 is 2.85 bits per heavy atom. The minimum atomic E-state index is 0.628. The van der Waals surface area contributed by atoms with Crippen molar-refractivity contribution in [1.29, 1.82) is 0 Å². The predicted octanol–water partition coefficient (Wildman–Crippen LogP) is 4.20. The molecule has 1 aromatic rings. The molecule has 3 rings (SSSR count). The zero-order chi connectivity index (χ0) is 13.9. The summed E-state index contributed by atoms with van der Waals surface area (Å²) in [6.07, 6.45) is 10.2. The van der Waals surface area contributed by atoms with Crippen LogP contribution in [0.3, 0.4) is 0 Å². The summed E-state index contributed by atoms with van der Waals surface area (Å²) in [7, 11) is 0. The van der Waals surface area contributed by atoms with E-state index in [4.69, 9.17) is 10.5 Å². The van der Waals surface area contributed by atoms with E-state index in [1.165, 1.54) is 36.0 Å². The number of aryl methyl sites for hydroxylation is 1. The van der Waals surface area contributed by atoms with Gasteiger partial charge in [0.05, 0.1) is 0 Å². The summed E-state index contributed by atoms with van der Waals surface area (Å²) in [5, 5.41) is 0. The van der Waals surface area contributed by atoms with Gasteiger partial charge in [0, 0.05) is 5.70 Å². The molecule has 0 bridgehead atoms. The quantitative estimate of drug-likeness (QED) is 0.889. The van der Waals surface area contributed by atoms with Gasteiger partial charge in [0.1, 0.15) is 12.4 Å². The van der Waals surface area contributed by atoms with E-state index in [-0.39, 0.29) is 0 Å². The lowest BCUT2D eigenvalue weighted by atomic mass is 9.79. The molecule has 1 saturated carbocycles. The highest BCUT2D eigenvalue weighted by atomic mass is 16.5. The number of allylic oxidation sites excluding steroid dienone is 2. The van der Waals surface area contributed by atoms with Crippen LogP contribution < -0.4 is 10.5 Å². The lowest BCUT2D eigenvalue weighted by Gasteiger charge is -2.28. The molecule has 2 aliphatic carbocycles. The van der Waals surface area contributed by atoms with Gasteiger partial charge in [-0.1, -0.05) is 30.2 Å². The fraction of sp³-hybridized carbons (Fsp3) is 0.444. The average molecular weight is 269 g/mol. The lowest BCUT2D eigenvalue weighted by molar-refractivity contribution is 0.334. The molecule has 2 N–H and O–H groups in total. The Morgan fingerprint density at radius 1 is 1.30 bits per heavy atom. The number of ether oxygens (including phenoxy) is 1. The van der Waals surface area contributed by atoms with Crippen molar-refractivity contribution < 1.29 is 4.74 Å². The van der Waals surface area contributed by atoms with E-state index >= 15 is 0 Å². The number of hydrogen-bond donors (Lipinski definition) is 1. The van der Waals surface area contributed by atoms with Gasteiger partial charge >= 0.3 is 0 Å². The minimum absolute atomic E-state index is 0.628. The maximum absolute atomic E-state index is 6.07. The third kappa shape index (κ3) is 2.90. The van der Waals surface area contributed by atoms with Crippen molar-refractivity contribution in [2.75, 3.05) is 6.61 Å². The molecule has 20 heavy (non-hydrogen) atoms. The fourth-order valence-corrected chi connectivity index (χ4v) is 2.89. The Labute approximate surface area is 121 Å². The van der Waals surface area contributed by atoms with Crippen LogP contribution in [0, 0.1) is 6.92 Å².